The molecule has 3 nitrogen and oxygen atoms in total. The summed E-state index contributed by atoms with van der Waals surface area (Å²) in [5.74, 6) is 0. The fraction of sp³-hybridized carbons (Fsp3) is 1.00. The quantitative estimate of drug-likeness (QED) is 0.653. The van der Waals surface area contributed by atoms with E-state index in [2.05, 4.69) is 5.32 Å². The number of rotatable bonds is 2. The largest absolute Gasteiger partial charge is 0.668 e. The Morgan fingerprint density at radius 1 is 1.36 bits per heavy atom. The van der Waals surface area contributed by atoms with Crippen molar-refractivity contribution in [2.24, 2.45) is 0 Å². The fourth-order valence-corrected chi connectivity index (χ4v) is 0.528. The Hall–Kier alpha value is 0.594. The SMILES string of the molecule is CC(O)CN(C)C.C[N-]C.[Ti]. The van der Waals surface area contributed by atoms with Gasteiger partial charge in [-0.25, -0.2) is 0 Å². The molecule has 0 aromatic carbocycles. The van der Waals surface area contributed by atoms with Gasteiger partial charge in [0.1, 0.15) is 0 Å². The van der Waals surface area contributed by atoms with E-state index < -0.39 is 0 Å². The first kappa shape index (κ1) is 17.6. The third kappa shape index (κ3) is 37.1. The van der Waals surface area contributed by atoms with Crippen LogP contribution in [0.4, 0.5) is 0 Å². The molecule has 0 amide bonds. The first-order chi connectivity index (χ1) is 4.54. The van der Waals surface area contributed by atoms with Crippen LogP contribution in [-0.4, -0.2) is 50.8 Å². The molecule has 0 aliphatic carbocycles. The van der Waals surface area contributed by atoms with Crippen molar-refractivity contribution < 1.29 is 26.8 Å². The molecule has 0 heterocycles. The smallest absolute Gasteiger partial charge is 0.0638 e. The van der Waals surface area contributed by atoms with E-state index in [-0.39, 0.29) is 27.8 Å². The van der Waals surface area contributed by atoms with Crippen molar-refractivity contribution in [1.82, 2.24) is 4.90 Å². The van der Waals surface area contributed by atoms with Gasteiger partial charge >= 0.3 is 0 Å². The minimum Gasteiger partial charge on any atom is -0.668 e. The van der Waals surface area contributed by atoms with Crippen LogP contribution in [0.3, 0.4) is 0 Å². The molecule has 4 heteroatoms. The Labute approximate surface area is 85.0 Å². The summed E-state index contributed by atoms with van der Waals surface area (Å²) in [7, 11) is 7.37. The summed E-state index contributed by atoms with van der Waals surface area (Å²) in [6, 6.07) is 0. The number of aliphatic hydroxyl groups excluding tert-OH is 1. The number of hydrogen-bond donors (Lipinski definition) is 1. The van der Waals surface area contributed by atoms with Gasteiger partial charge in [-0.2, -0.15) is 14.1 Å². The molecule has 0 saturated carbocycles. The van der Waals surface area contributed by atoms with Crippen molar-refractivity contribution in [3.05, 3.63) is 5.32 Å². The predicted molar refractivity (Wildman–Crippen MR) is 45.4 cm³/mol. The van der Waals surface area contributed by atoms with Crippen LogP contribution < -0.4 is 0 Å². The fourth-order valence-electron chi connectivity index (χ4n) is 0.528. The van der Waals surface area contributed by atoms with Crippen LogP contribution in [0.15, 0.2) is 0 Å². The number of nitrogens with zero attached hydrogens (tertiary/aromatic N) is 2. The van der Waals surface area contributed by atoms with Crippen LogP contribution in [-0.2, 0) is 21.7 Å². The maximum Gasteiger partial charge on any atom is 0.0638 e. The zero-order valence-corrected chi connectivity index (χ0v) is 9.69. The van der Waals surface area contributed by atoms with Crippen molar-refractivity contribution in [3.63, 3.8) is 0 Å². The summed E-state index contributed by atoms with van der Waals surface area (Å²) in [6.45, 7) is 2.53. The van der Waals surface area contributed by atoms with Crippen molar-refractivity contribution in [2.45, 2.75) is 13.0 Å². The molecule has 1 unspecified atom stereocenters. The molecular weight excluding hydrogens is 176 g/mol. The van der Waals surface area contributed by atoms with E-state index in [4.69, 9.17) is 5.11 Å². The molecule has 68 valence electrons. The molecule has 0 aliphatic rings. The Bertz CT molecular complexity index is 54.4. The van der Waals surface area contributed by atoms with Gasteiger partial charge in [-0.3, -0.25) is 0 Å². The number of likely N-dealkylation sites (N-methyl/N-ethyl adjacent to an activating group) is 1. The minimum absolute atomic E-state index is 0. The summed E-state index contributed by atoms with van der Waals surface area (Å²) in [4.78, 5) is 1.95. The molecular formula is C7H19N2OTi-. The van der Waals surface area contributed by atoms with Gasteiger partial charge in [-0.15, -0.1) is 0 Å². The average molecular weight is 195 g/mol. The monoisotopic (exact) mass is 195 g/mol. The van der Waals surface area contributed by atoms with Crippen LogP contribution in [0.2, 0.25) is 0 Å². The van der Waals surface area contributed by atoms with Gasteiger partial charge in [0.2, 0.25) is 0 Å². The maximum atomic E-state index is 8.68. The second-order valence-corrected chi connectivity index (χ2v) is 2.56. The Morgan fingerprint density at radius 3 is 1.64 bits per heavy atom. The zero-order valence-electron chi connectivity index (χ0n) is 8.13. The molecule has 0 bridgehead atoms. The van der Waals surface area contributed by atoms with Gasteiger partial charge < -0.3 is 15.3 Å². The number of aliphatic hydroxyl groups is 1. The van der Waals surface area contributed by atoms with Gasteiger partial charge in [0.05, 0.1) is 6.10 Å². The summed E-state index contributed by atoms with van der Waals surface area (Å²) in [6.07, 6.45) is -0.199. The van der Waals surface area contributed by atoms with Gasteiger partial charge in [-0.1, -0.05) is 0 Å². The third-order valence-electron chi connectivity index (χ3n) is 0.629. The summed E-state index contributed by atoms with van der Waals surface area (Å²) < 4.78 is 0. The van der Waals surface area contributed by atoms with Crippen LogP contribution in [0.1, 0.15) is 6.92 Å². The second kappa shape index (κ2) is 13.2. The summed E-state index contributed by atoms with van der Waals surface area (Å²) in [5, 5.41) is 12.2. The van der Waals surface area contributed by atoms with Gasteiger partial charge in [0.15, 0.2) is 0 Å². The molecule has 1 N–H and O–H groups in total. The van der Waals surface area contributed by atoms with E-state index in [0.29, 0.717) is 0 Å². The Kier molecular flexibility index (Phi) is 21.1. The van der Waals surface area contributed by atoms with Crippen molar-refractivity contribution in [2.75, 3.05) is 34.7 Å². The van der Waals surface area contributed by atoms with Crippen molar-refractivity contribution >= 4 is 0 Å². The third-order valence-corrected chi connectivity index (χ3v) is 0.629. The molecule has 0 aliphatic heterocycles. The van der Waals surface area contributed by atoms with Gasteiger partial charge in [0.25, 0.3) is 0 Å². The van der Waals surface area contributed by atoms with E-state index in [1.54, 1.807) is 21.0 Å². The van der Waals surface area contributed by atoms with E-state index in [0.717, 1.165) is 6.54 Å². The van der Waals surface area contributed by atoms with E-state index in [1.165, 1.54) is 0 Å². The first-order valence-corrected chi connectivity index (χ1v) is 3.35. The molecule has 0 rings (SSSR count). The van der Waals surface area contributed by atoms with Crippen LogP contribution >= 0.6 is 0 Å². The normalized spacial score (nSPS) is 11.2. The van der Waals surface area contributed by atoms with Crippen LogP contribution in [0, 0.1) is 0 Å². The topological polar surface area (TPSA) is 37.6 Å². The molecule has 0 aromatic heterocycles. The van der Waals surface area contributed by atoms with Crippen molar-refractivity contribution in [1.29, 1.82) is 0 Å². The Balaban J connectivity index is -0.000000140. The molecule has 0 fully saturated rings. The van der Waals surface area contributed by atoms with Crippen LogP contribution in [0.25, 0.3) is 5.32 Å². The summed E-state index contributed by atoms with van der Waals surface area (Å²) in [5.41, 5.74) is 0. The van der Waals surface area contributed by atoms with E-state index in [9.17, 15) is 0 Å². The van der Waals surface area contributed by atoms with Crippen molar-refractivity contribution in [3.8, 4) is 0 Å². The molecule has 0 spiro atoms. The number of hydrogen-bond acceptors (Lipinski definition) is 2. The predicted octanol–water partition coefficient (Wildman–Crippen LogP) is 0.546. The molecule has 11 heavy (non-hydrogen) atoms. The van der Waals surface area contributed by atoms with E-state index >= 15 is 0 Å². The van der Waals surface area contributed by atoms with Crippen LogP contribution in [0.5, 0.6) is 0 Å². The molecule has 0 saturated heterocycles. The second-order valence-electron chi connectivity index (χ2n) is 2.56. The Morgan fingerprint density at radius 2 is 1.64 bits per heavy atom. The van der Waals surface area contributed by atoms with Gasteiger partial charge in [0, 0.05) is 28.3 Å². The maximum absolute atomic E-state index is 8.68. The minimum atomic E-state index is -0.199. The summed E-state index contributed by atoms with van der Waals surface area (Å²) >= 11 is 0. The zero-order chi connectivity index (χ0) is 8.57. The molecule has 0 aromatic rings. The first-order valence-electron chi connectivity index (χ1n) is 3.35. The molecule has 1 atom stereocenters. The van der Waals surface area contributed by atoms with E-state index in [1.807, 2.05) is 19.0 Å². The average Bonchev–Trinajstić information content (AvgIpc) is 1.62. The van der Waals surface area contributed by atoms with Gasteiger partial charge in [-0.05, 0) is 21.0 Å². The molecule has 0 radical (unpaired) electrons. The standard InChI is InChI=1S/C5H13NO.C2H6N.Ti/c1-5(7)4-6(2)3;1-3-2;/h5,7H,4H2,1-3H3;1-2H3;/q;-1;.